The van der Waals surface area contributed by atoms with Crippen molar-refractivity contribution in [1.82, 2.24) is 14.9 Å². The Hall–Kier alpha value is -1.59. The Bertz CT molecular complexity index is 765. The molecule has 1 aromatic carbocycles. The minimum atomic E-state index is 0.423. The summed E-state index contributed by atoms with van der Waals surface area (Å²) in [6, 6.07) is 11.0. The Balaban J connectivity index is 1.43. The van der Waals surface area contributed by atoms with Crippen LogP contribution in [0.2, 0.25) is 0 Å². The minimum Gasteiger partial charge on any atom is -0.356 e. The first kappa shape index (κ1) is 17.8. The molecule has 5 heteroatoms. The zero-order valence-corrected chi connectivity index (χ0v) is 16.6. The first-order valence-electron chi connectivity index (χ1n) is 9.56. The van der Waals surface area contributed by atoms with E-state index in [1.165, 1.54) is 43.5 Å². The van der Waals surface area contributed by atoms with Gasteiger partial charge in [-0.05, 0) is 50.6 Å². The van der Waals surface area contributed by atoms with Gasteiger partial charge in [-0.25, -0.2) is 9.97 Å². The van der Waals surface area contributed by atoms with Gasteiger partial charge >= 0.3 is 0 Å². The Morgan fingerprint density at radius 2 is 2.08 bits per heavy atom. The van der Waals surface area contributed by atoms with E-state index >= 15 is 0 Å². The van der Waals surface area contributed by atoms with E-state index in [1.807, 2.05) is 12.5 Å². The van der Waals surface area contributed by atoms with Gasteiger partial charge < -0.3 is 4.90 Å². The third kappa shape index (κ3) is 3.89. The lowest BCUT2D eigenvalue weighted by Gasteiger charge is -2.40. The molecule has 0 unspecified atom stereocenters. The van der Waals surface area contributed by atoms with Crippen LogP contribution < -0.4 is 4.90 Å². The highest BCUT2D eigenvalue weighted by Gasteiger charge is 2.41. The standard InChI is InChI=1S/C21H28N4S/c1-17-5-3-6-18(13-17)14-24-11-4-8-21(15-24)9-12-25(16-21)19-7-10-22-20(23-19)26-2/h3,5-7,10,13H,4,8-9,11-12,14-16H2,1-2H3/t21-/m1/s1. The Labute approximate surface area is 161 Å². The van der Waals surface area contributed by atoms with Crippen LogP contribution in [0.15, 0.2) is 41.7 Å². The van der Waals surface area contributed by atoms with E-state index in [0.717, 1.165) is 30.6 Å². The molecule has 0 amide bonds. The van der Waals surface area contributed by atoms with Crippen molar-refractivity contribution >= 4 is 17.6 Å². The number of hydrogen-bond donors (Lipinski definition) is 0. The van der Waals surface area contributed by atoms with Gasteiger partial charge in [0.05, 0.1) is 0 Å². The van der Waals surface area contributed by atoms with Crippen molar-refractivity contribution in [2.24, 2.45) is 5.41 Å². The highest BCUT2D eigenvalue weighted by atomic mass is 32.2. The number of anilines is 1. The topological polar surface area (TPSA) is 32.3 Å². The molecule has 0 bridgehead atoms. The van der Waals surface area contributed by atoms with Crippen molar-refractivity contribution in [2.45, 2.75) is 37.9 Å². The third-order valence-electron chi connectivity index (χ3n) is 5.79. The first-order valence-corrected chi connectivity index (χ1v) is 10.8. The lowest BCUT2D eigenvalue weighted by Crippen LogP contribution is -2.44. The van der Waals surface area contributed by atoms with Crippen LogP contribution in [-0.2, 0) is 6.54 Å². The summed E-state index contributed by atoms with van der Waals surface area (Å²) in [4.78, 5) is 14.2. The molecule has 1 spiro atoms. The highest BCUT2D eigenvalue weighted by Crippen LogP contribution is 2.40. The van der Waals surface area contributed by atoms with E-state index in [4.69, 9.17) is 4.98 Å². The number of thioether (sulfide) groups is 1. The number of hydrogen-bond acceptors (Lipinski definition) is 5. The summed E-state index contributed by atoms with van der Waals surface area (Å²) in [6.45, 7) is 7.93. The van der Waals surface area contributed by atoms with E-state index in [-0.39, 0.29) is 0 Å². The number of nitrogens with zero attached hydrogens (tertiary/aromatic N) is 4. The van der Waals surface area contributed by atoms with Crippen LogP contribution in [0.4, 0.5) is 5.82 Å². The summed E-state index contributed by atoms with van der Waals surface area (Å²) in [5.74, 6) is 1.09. The third-order valence-corrected chi connectivity index (χ3v) is 6.35. The largest absolute Gasteiger partial charge is 0.356 e. The van der Waals surface area contributed by atoms with Gasteiger partial charge in [0.25, 0.3) is 0 Å². The molecule has 1 aromatic heterocycles. The van der Waals surface area contributed by atoms with Crippen LogP contribution in [0.1, 0.15) is 30.4 Å². The molecule has 4 nitrogen and oxygen atoms in total. The van der Waals surface area contributed by atoms with E-state index in [9.17, 15) is 0 Å². The summed E-state index contributed by atoms with van der Waals surface area (Å²) in [6.07, 6.45) is 7.85. The van der Waals surface area contributed by atoms with Gasteiger partial charge in [-0.15, -0.1) is 0 Å². The molecule has 2 aliphatic heterocycles. The molecule has 2 saturated heterocycles. The predicted octanol–water partition coefficient (Wildman–Crippen LogP) is 4.00. The molecule has 2 aliphatic rings. The fourth-order valence-corrected chi connectivity index (χ4v) is 4.93. The summed E-state index contributed by atoms with van der Waals surface area (Å²) in [5.41, 5.74) is 3.22. The minimum absolute atomic E-state index is 0.423. The van der Waals surface area contributed by atoms with Crippen molar-refractivity contribution in [1.29, 1.82) is 0 Å². The fraction of sp³-hybridized carbons (Fsp3) is 0.524. The average molecular weight is 369 g/mol. The van der Waals surface area contributed by atoms with Gasteiger partial charge in [0.15, 0.2) is 5.16 Å². The smallest absolute Gasteiger partial charge is 0.189 e. The molecular formula is C21H28N4S. The van der Waals surface area contributed by atoms with Gasteiger partial charge in [0, 0.05) is 37.8 Å². The number of piperidine rings is 1. The zero-order valence-electron chi connectivity index (χ0n) is 15.8. The predicted molar refractivity (Wildman–Crippen MR) is 109 cm³/mol. The summed E-state index contributed by atoms with van der Waals surface area (Å²) in [7, 11) is 0. The normalized spacial score (nSPS) is 23.7. The molecule has 0 N–H and O–H groups in total. The molecule has 2 aromatic rings. The maximum Gasteiger partial charge on any atom is 0.189 e. The monoisotopic (exact) mass is 368 g/mol. The average Bonchev–Trinajstić information content (AvgIpc) is 3.05. The van der Waals surface area contributed by atoms with Crippen LogP contribution in [0.5, 0.6) is 0 Å². The van der Waals surface area contributed by atoms with E-state index in [2.05, 4.69) is 52.0 Å². The van der Waals surface area contributed by atoms with Gasteiger partial charge in [-0.1, -0.05) is 41.6 Å². The van der Waals surface area contributed by atoms with Crippen molar-refractivity contribution in [2.75, 3.05) is 37.3 Å². The Kier molecular flexibility index (Phi) is 5.18. The van der Waals surface area contributed by atoms with Crippen LogP contribution in [0.25, 0.3) is 0 Å². The van der Waals surface area contributed by atoms with Gasteiger partial charge in [-0.3, -0.25) is 4.90 Å². The molecule has 0 aliphatic carbocycles. The maximum absolute atomic E-state index is 4.71. The Morgan fingerprint density at radius 1 is 1.15 bits per heavy atom. The van der Waals surface area contributed by atoms with Gasteiger partial charge in [0.1, 0.15) is 5.82 Å². The molecule has 0 radical (unpaired) electrons. The second-order valence-electron chi connectivity index (χ2n) is 7.88. The van der Waals surface area contributed by atoms with Gasteiger partial charge in [-0.2, -0.15) is 0 Å². The van der Waals surface area contributed by atoms with Crippen LogP contribution >= 0.6 is 11.8 Å². The van der Waals surface area contributed by atoms with E-state index in [0.29, 0.717) is 5.41 Å². The number of likely N-dealkylation sites (tertiary alicyclic amines) is 1. The van der Waals surface area contributed by atoms with Crippen LogP contribution in [0.3, 0.4) is 0 Å². The first-order chi connectivity index (χ1) is 12.7. The number of aromatic nitrogens is 2. The van der Waals surface area contributed by atoms with Crippen molar-refractivity contribution in [3.63, 3.8) is 0 Å². The summed E-state index contributed by atoms with van der Waals surface area (Å²) in [5, 5.41) is 0.869. The van der Waals surface area contributed by atoms with Crippen molar-refractivity contribution in [3.8, 4) is 0 Å². The van der Waals surface area contributed by atoms with E-state index < -0.39 is 0 Å². The van der Waals surface area contributed by atoms with Crippen molar-refractivity contribution in [3.05, 3.63) is 47.7 Å². The molecule has 26 heavy (non-hydrogen) atoms. The number of rotatable bonds is 4. The van der Waals surface area contributed by atoms with Gasteiger partial charge in [0.2, 0.25) is 0 Å². The molecule has 4 rings (SSSR count). The highest BCUT2D eigenvalue weighted by molar-refractivity contribution is 7.98. The molecular weight excluding hydrogens is 340 g/mol. The lowest BCUT2D eigenvalue weighted by molar-refractivity contribution is 0.0991. The summed E-state index contributed by atoms with van der Waals surface area (Å²) >= 11 is 1.61. The lowest BCUT2D eigenvalue weighted by atomic mass is 9.79. The Morgan fingerprint density at radius 3 is 2.92 bits per heavy atom. The second kappa shape index (κ2) is 7.57. The SMILES string of the molecule is CSc1nccc(N2CC[C@@]3(CCCN(Cc4cccc(C)c4)C3)C2)n1. The van der Waals surface area contributed by atoms with E-state index in [1.54, 1.807) is 11.8 Å². The second-order valence-corrected chi connectivity index (χ2v) is 8.65. The van der Waals surface area contributed by atoms with Crippen LogP contribution in [-0.4, -0.2) is 47.3 Å². The number of benzene rings is 1. The maximum atomic E-state index is 4.71. The quantitative estimate of drug-likeness (QED) is 0.602. The number of aryl methyl sites for hydroxylation is 1. The molecule has 138 valence electrons. The molecule has 3 heterocycles. The fourth-order valence-electron chi connectivity index (χ4n) is 4.58. The molecule has 1 atom stereocenters. The summed E-state index contributed by atoms with van der Waals surface area (Å²) < 4.78 is 0. The molecule has 0 saturated carbocycles. The zero-order chi connectivity index (χ0) is 18.0. The van der Waals surface area contributed by atoms with Crippen LogP contribution in [0, 0.1) is 12.3 Å². The molecule has 2 fully saturated rings. The van der Waals surface area contributed by atoms with Crippen molar-refractivity contribution < 1.29 is 0 Å².